The number of amides is 1. The molecule has 1 saturated carbocycles. The quantitative estimate of drug-likeness (QED) is 0.790. The Morgan fingerprint density at radius 2 is 1.88 bits per heavy atom. The highest BCUT2D eigenvalue weighted by Crippen LogP contribution is 2.37. The lowest BCUT2D eigenvalue weighted by Gasteiger charge is -2.29. The van der Waals surface area contributed by atoms with E-state index in [2.05, 4.69) is 11.4 Å². The standard InChI is InChI=1S/C18H24ClN3O3S/c1-3-22(4-2)26(24,25)16-12-14(8-9-15(16)19)21-17(23)18(13-20)10-6-5-7-11-18/h8-9,12H,3-7,10-11H2,1-2H3,(H,21,23). The summed E-state index contributed by atoms with van der Waals surface area (Å²) in [6, 6.07) is 6.53. The largest absolute Gasteiger partial charge is 0.325 e. The van der Waals surface area contributed by atoms with Crippen LogP contribution >= 0.6 is 11.6 Å². The molecule has 0 saturated heterocycles. The maximum Gasteiger partial charge on any atom is 0.244 e. The van der Waals surface area contributed by atoms with Gasteiger partial charge in [-0.25, -0.2) is 8.42 Å². The van der Waals surface area contributed by atoms with Gasteiger partial charge in [0.2, 0.25) is 15.9 Å². The van der Waals surface area contributed by atoms with Crippen molar-refractivity contribution in [2.75, 3.05) is 18.4 Å². The molecule has 0 aliphatic heterocycles. The van der Waals surface area contributed by atoms with Crippen LogP contribution in [0.3, 0.4) is 0 Å². The minimum atomic E-state index is -3.75. The maximum atomic E-state index is 12.8. The van der Waals surface area contributed by atoms with E-state index in [1.165, 1.54) is 16.4 Å². The van der Waals surface area contributed by atoms with Crippen LogP contribution in [0, 0.1) is 16.7 Å². The Morgan fingerprint density at radius 3 is 2.42 bits per heavy atom. The second kappa shape index (κ2) is 8.38. The van der Waals surface area contributed by atoms with E-state index in [1.54, 1.807) is 19.9 Å². The second-order valence-electron chi connectivity index (χ2n) is 6.44. The number of hydrogen-bond acceptors (Lipinski definition) is 4. The molecule has 1 aliphatic carbocycles. The summed E-state index contributed by atoms with van der Waals surface area (Å²) in [7, 11) is -3.75. The number of nitrogens with zero attached hydrogens (tertiary/aromatic N) is 2. The van der Waals surface area contributed by atoms with Gasteiger partial charge in [-0.15, -0.1) is 0 Å². The molecule has 0 atom stereocenters. The van der Waals surface area contributed by atoms with Crippen molar-refractivity contribution in [3.8, 4) is 6.07 Å². The van der Waals surface area contributed by atoms with E-state index in [-0.39, 0.29) is 15.8 Å². The molecule has 1 amide bonds. The summed E-state index contributed by atoms with van der Waals surface area (Å²) in [6.45, 7) is 4.15. The lowest BCUT2D eigenvalue weighted by molar-refractivity contribution is -0.124. The van der Waals surface area contributed by atoms with Crippen LogP contribution in [0.2, 0.25) is 5.02 Å². The Hall–Kier alpha value is -1.62. The zero-order chi connectivity index (χ0) is 19.4. The number of benzene rings is 1. The van der Waals surface area contributed by atoms with Gasteiger partial charge in [-0.1, -0.05) is 44.7 Å². The molecule has 1 aromatic carbocycles. The van der Waals surface area contributed by atoms with Gasteiger partial charge in [0.05, 0.1) is 11.1 Å². The molecule has 1 fully saturated rings. The molecule has 0 heterocycles. The Bertz CT molecular complexity index is 807. The molecular formula is C18H24ClN3O3S. The normalized spacial score (nSPS) is 16.9. The zero-order valence-corrected chi connectivity index (χ0v) is 16.7. The van der Waals surface area contributed by atoms with E-state index < -0.39 is 15.4 Å². The second-order valence-corrected chi connectivity index (χ2v) is 8.76. The first-order chi connectivity index (χ1) is 12.3. The van der Waals surface area contributed by atoms with Crippen molar-refractivity contribution in [1.82, 2.24) is 4.31 Å². The van der Waals surface area contributed by atoms with Crippen molar-refractivity contribution in [1.29, 1.82) is 5.26 Å². The van der Waals surface area contributed by atoms with Crippen molar-refractivity contribution in [3.63, 3.8) is 0 Å². The third kappa shape index (κ3) is 4.03. The average Bonchev–Trinajstić information content (AvgIpc) is 2.64. The molecule has 0 spiro atoms. The van der Waals surface area contributed by atoms with Crippen LogP contribution in [0.5, 0.6) is 0 Å². The first kappa shape index (κ1) is 20.7. The minimum absolute atomic E-state index is 0.0460. The molecule has 1 N–H and O–H groups in total. The van der Waals surface area contributed by atoms with Crippen molar-refractivity contribution in [2.24, 2.45) is 5.41 Å². The Balaban J connectivity index is 2.33. The topological polar surface area (TPSA) is 90.3 Å². The number of hydrogen-bond donors (Lipinski definition) is 1. The first-order valence-electron chi connectivity index (χ1n) is 8.83. The lowest BCUT2D eigenvalue weighted by atomic mass is 9.74. The highest BCUT2D eigenvalue weighted by molar-refractivity contribution is 7.89. The van der Waals surface area contributed by atoms with E-state index in [9.17, 15) is 18.5 Å². The van der Waals surface area contributed by atoms with Gasteiger partial charge < -0.3 is 5.32 Å². The Kier molecular flexibility index (Phi) is 6.67. The van der Waals surface area contributed by atoms with Gasteiger partial charge in [-0.05, 0) is 31.0 Å². The molecule has 142 valence electrons. The van der Waals surface area contributed by atoms with Crippen LogP contribution in [0.25, 0.3) is 0 Å². The lowest BCUT2D eigenvalue weighted by Crippen LogP contribution is -2.37. The van der Waals surface area contributed by atoms with Gasteiger partial charge in [0, 0.05) is 18.8 Å². The summed E-state index contributed by atoms with van der Waals surface area (Å²) < 4.78 is 26.8. The fraction of sp³-hybridized carbons (Fsp3) is 0.556. The molecule has 2 rings (SSSR count). The van der Waals surface area contributed by atoms with Crippen LogP contribution in [-0.4, -0.2) is 31.7 Å². The summed E-state index contributed by atoms with van der Waals surface area (Å²) in [6.07, 6.45) is 3.73. The van der Waals surface area contributed by atoms with E-state index >= 15 is 0 Å². The molecular weight excluding hydrogens is 374 g/mol. The number of halogens is 1. The van der Waals surface area contributed by atoms with Crippen molar-refractivity contribution >= 4 is 33.2 Å². The van der Waals surface area contributed by atoms with E-state index in [4.69, 9.17) is 11.6 Å². The molecule has 0 bridgehead atoms. The van der Waals surface area contributed by atoms with Crippen LogP contribution in [-0.2, 0) is 14.8 Å². The number of nitrogens with one attached hydrogen (secondary N) is 1. The summed E-state index contributed by atoms with van der Waals surface area (Å²) in [5.74, 6) is -0.381. The van der Waals surface area contributed by atoms with Crippen LogP contribution in [0.15, 0.2) is 23.1 Å². The molecule has 1 aromatic rings. The van der Waals surface area contributed by atoms with Gasteiger partial charge in [-0.3, -0.25) is 4.79 Å². The SMILES string of the molecule is CCN(CC)S(=O)(=O)c1cc(NC(=O)C2(C#N)CCCCC2)ccc1Cl. The molecule has 0 unspecified atom stereocenters. The van der Waals surface area contributed by atoms with Crippen LogP contribution in [0.1, 0.15) is 46.0 Å². The van der Waals surface area contributed by atoms with Crippen molar-refractivity contribution < 1.29 is 13.2 Å². The van der Waals surface area contributed by atoms with Gasteiger partial charge in [-0.2, -0.15) is 9.57 Å². The summed E-state index contributed by atoms with van der Waals surface area (Å²) >= 11 is 6.11. The number of rotatable bonds is 6. The third-order valence-corrected chi connectivity index (χ3v) is 7.40. The molecule has 8 heteroatoms. The van der Waals surface area contributed by atoms with E-state index in [0.29, 0.717) is 31.6 Å². The number of nitriles is 1. The highest BCUT2D eigenvalue weighted by Gasteiger charge is 2.40. The molecule has 0 aromatic heterocycles. The smallest absolute Gasteiger partial charge is 0.244 e. The van der Waals surface area contributed by atoms with Gasteiger partial charge in [0.1, 0.15) is 10.3 Å². The minimum Gasteiger partial charge on any atom is -0.325 e. The van der Waals surface area contributed by atoms with Crippen LogP contribution in [0.4, 0.5) is 5.69 Å². The Labute approximate surface area is 160 Å². The fourth-order valence-corrected chi connectivity index (χ4v) is 5.24. The van der Waals surface area contributed by atoms with Crippen molar-refractivity contribution in [3.05, 3.63) is 23.2 Å². The van der Waals surface area contributed by atoms with Gasteiger partial charge in [0.25, 0.3) is 0 Å². The number of anilines is 1. The number of carbonyl (C=O) groups is 1. The van der Waals surface area contributed by atoms with Gasteiger partial charge >= 0.3 is 0 Å². The predicted octanol–water partition coefficient (Wildman–Crippen LogP) is 3.78. The summed E-state index contributed by atoms with van der Waals surface area (Å²) in [5, 5.41) is 12.3. The Morgan fingerprint density at radius 1 is 1.27 bits per heavy atom. The van der Waals surface area contributed by atoms with Crippen LogP contribution < -0.4 is 5.32 Å². The first-order valence-corrected chi connectivity index (χ1v) is 10.6. The third-order valence-electron chi connectivity index (χ3n) is 4.87. The average molecular weight is 398 g/mol. The van der Waals surface area contributed by atoms with E-state index in [1.807, 2.05) is 0 Å². The maximum absolute atomic E-state index is 12.8. The highest BCUT2D eigenvalue weighted by atomic mass is 35.5. The van der Waals surface area contributed by atoms with Crippen molar-refractivity contribution in [2.45, 2.75) is 50.8 Å². The number of carbonyl (C=O) groups excluding carboxylic acids is 1. The number of sulfonamides is 1. The molecule has 26 heavy (non-hydrogen) atoms. The predicted molar refractivity (Wildman–Crippen MR) is 101 cm³/mol. The molecule has 6 nitrogen and oxygen atoms in total. The molecule has 1 aliphatic rings. The van der Waals surface area contributed by atoms with E-state index in [0.717, 1.165) is 19.3 Å². The van der Waals surface area contributed by atoms with Gasteiger partial charge in [0.15, 0.2) is 0 Å². The zero-order valence-electron chi connectivity index (χ0n) is 15.1. The fourth-order valence-electron chi connectivity index (χ4n) is 3.28. The summed E-state index contributed by atoms with van der Waals surface area (Å²) in [5.41, 5.74) is -0.721. The molecule has 0 radical (unpaired) electrons. The summed E-state index contributed by atoms with van der Waals surface area (Å²) in [4.78, 5) is 12.6. The monoisotopic (exact) mass is 397 g/mol.